The molecule has 1 atom stereocenters. The number of anilines is 2. The molecule has 1 amide bonds. The molecule has 27 heavy (non-hydrogen) atoms. The highest BCUT2D eigenvalue weighted by Crippen LogP contribution is 2.35. The molecule has 6 nitrogen and oxygen atoms in total. The molecule has 1 aromatic carbocycles. The number of aliphatic hydroxyl groups is 1. The number of carbonyl (C=O) groups is 1. The van der Waals surface area contributed by atoms with Gasteiger partial charge >= 0.3 is 0 Å². The summed E-state index contributed by atoms with van der Waals surface area (Å²) in [6.45, 7) is 0.800. The SMILES string of the molecule is O=C(c1oc2ccncc2c1Nc1ccc(I)cc1F)N1CCCC(O)C1. The van der Waals surface area contributed by atoms with Crippen LogP contribution in [-0.4, -0.2) is 40.1 Å². The van der Waals surface area contributed by atoms with E-state index >= 15 is 0 Å². The normalized spacial score (nSPS) is 17.3. The average molecular weight is 481 g/mol. The minimum absolute atomic E-state index is 0.0880. The van der Waals surface area contributed by atoms with Crippen molar-refractivity contribution in [3.05, 3.63) is 51.8 Å². The quantitative estimate of drug-likeness (QED) is 0.555. The van der Waals surface area contributed by atoms with Crippen LogP contribution in [0, 0.1) is 9.39 Å². The largest absolute Gasteiger partial charge is 0.448 e. The van der Waals surface area contributed by atoms with Crippen molar-refractivity contribution < 1.29 is 18.7 Å². The summed E-state index contributed by atoms with van der Waals surface area (Å²) in [5, 5.41) is 13.5. The Bertz CT molecular complexity index is 1010. The first-order chi connectivity index (χ1) is 13.0. The molecule has 0 saturated carbocycles. The maximum atomic E-state index is 14.3. The van der Waals surface area contributed by atoms with E-state index in [0.29, 0.717) is 29.6 Å². The molecule has 1 aliphatic heterocycles. The molecule has 0 radical (unpaired) electrons. The van der Waals surface area contributed by atoms with E-state index in [2.05, 4.69) is 10.3 Å². The second kappa shape index (κ2) is 7.43. The zero-order valence-electron chi connectivity index (χ0n) is 14.3. The van der Waals surface area contributed by atoms with Crippen molar-refractivity contribution in [1.82, 2.24) is 9.88 Å². The van der Waals surface area contributed by atoms with E-state index < -0.39 is 11.9 Å². The van der Waals surface area contributed by atoms with Gasteiger partial charge in [0.2, 0.25) is 5.76 Å². The number of hydrogen-bond donors (Lipinski definition) is 2. The molecule has 3 aromatic rings. The number of benzene rings is 1. The number of piperidine rings is 1. The highest BCUT2D eigenvalue weighted by molar-refractivity contribution is 14.1. The number of pyridine rings is 1. The van der Waals surface area contributed by atoms with Gasteiger partial charge < -0.3 is 19.7 Å². The molecule has 3 heterocycles. The second-order valence-corrected chi connectivity index (χ2v) is 7.72. The van der Waals surface area contributed by atoms with Crippen LogP contribution in [0.25, 0.3) is 11.0 Å². The number of fused-ring (bicyclic) bond motifs is 1. The van der Waals surface area contributed by atoms with E-state index in [4.69, 9.17) is 4.42 Å². The molecule has 1 saturated heterocycles. The van der Waals surface area contributed by atoms with Gasteiger partial charge in [-0.15, -0.1) is 0 Å². The third-order valence-electron chi connectivity index (χ3n) is 4.56. The van der Waals surface area contributed by atoms with Gasteiger partial charge in [0.15, 0.2) is 0 Å². The van der Waals surface area contributed by atoms with E-state index in [0.717, 1.165) is 9.99 Å². The average Bonchev–Trinajstić information content (AvgIpc) is 3.02. The molecule has 140 valence electrons. The fourth-order valence-electron chi connectivity index (χ4n) is 3.22. The fraction of sp³-hybridized carbons (Fsp3) is 0.263. The van der Waals surface area contributed by atoms with Crippen LogP contribution in [0.4, 0.5) is 15.8 Å². The number of aliphatic hydroxyl groups excluding tert-OH is 1. The lowest BCUT2D eigenvalue weighted by Crippen LogP contribution is -2.42. The predicted octanol–water partition coefficient (Wildman–Crippen LogP) is 3.91. The van der Waals surface area contributed by atoms with E-state index in [-0.39, 0.29) is 23.9 Å². The van der Waals surface area contributed by atoms with Crippen molar-refractivity contribution >= 4 is 50.8 Å². The minimum Gasteiger partial charge on any atom is -0.448 e. The number of amides is 1. The number of likely N-dealkylation sites (tertiary alicyclic amines) is 1. The Balaban J connectivity index is 1.76. The Kier molecular flexibility index (Phi) is 5.00. The summed E-state index contributed by atoms with van der Waals surface area (Å²) in [6, 6.07) is 6.46. The maximum absolute atomic E-state index is 14.3. The number of halogens is 2. The van der Waals surface area contributed by atoms with Crippen molar-refractivity contribution in [2.24, 2.45) is 0 Å². The lowest BCUT2D eigenvalue weighted by molar-refractivity contribution is 0.0451. The molecular formula is C19H17FIN3O3. The van der Waals surface area contributed by atoms with Gasteiger partial charge in [0.1, 0.15) is 17.1 Å². The summed E-state index contributed by atoms with van der Waals surface area (Å²) >= 11 is 2.03. The van der Waals surface area contributed by atoms with E-state index in [1.54, 1.807) is 35.5 Å². The van der Waals surface area contributed by atoms with Crippen LogP contribution in [0.2, 0.25) is 0 Å². The first-order valence-electron chi connectivity index (χ1n) is 8.59. The van der Waals surface area contributed by atoms with Crippen LogP contribution >= 0.6 is 22.6 Å². The summed E-state index contributed by atoms with van der Waals surface area (Å²) in [4.78, 5) is 18.7. The van der Waals surface area contributed by atoms with E-state index in [1.165, 1.54) is 6.07 Å². The molecule has 0 aliphatic carbocycles. The molecule has 2 aromatic heterocycles. The van der Waals surface area contributed by atoms with Crippen molar-refractivity contribution in [1.29, 1.82) is 0 Å². The van der Waals surface area contributed by atoms with Crippen LogP contribution in [0.1, 0.15) is 23.4 Å². The molecule has 1 unspecified atom stereocenters. The topological polar surface area (TPSA) is 78.6 Å². The number of carbonyl (C=O) groups excluding carboxylic acids is 1. The van der Waals surface area contributed by atoms with Crippen LogP contribution in [-0.2, 0) is 0 Å². The molecule has 2 N–H and O–H groups in total. The highest BCUT2D eigenvalue weighted by atomic mass is 127. The summed E-state index contributed by atoms with van der Waals surface area (Å²) < 4.78 is 20.9. The molecule has 4 rings (SSSR count). The van der Waals surface area contributed by atoms with Crippen LogP contribution in [0.15, 0.2) is 41.1 Å². The zero-order chi connectivity index (χ0) is 19.0. The van der Waals surface area contributed by atoms with Crippen LogP contribution < -0.4 is 5.32 Å². The second-order valence-electron chi connectivity index (χ2n) is 6.47. The summed E-state index contributed by atoms with van der Waals surface area (Å²) in [5.74, 6) is -0.671. The third-order valence-corrected chi connectivity index (χ3v) is 5.23. The molecule has 0 bridgehead atoms. The van der Waals surface area contributed by atoms with Gasteiger partial charge in [-0.2, -0.15) is 0 Å². The number of aromatic nitrogens is 1. The number of nitrogens with zero attached hydrogens (tertiary/aromatic N) is 2. The lowest BCUT2D eigenvalue weighted by Gasteiger charge is -2.29. The van der Waals surface area contributed by atoms with Crippen molar-refractivity contribution in [3.63, 3.8) is 0 Å². The smallest absolute Gasteiger partial charge is 0.291 e. The fourth-order valence-corrected chi connectivity index (χ4v) is 3.68. The standard InChI is InChI=1S/C19H17FIN3O3/c20-14-8-11(21)3-4-15(14)23-17-13-9-22-6-5-16(13)27-18(17)19(26)24-7-1-2-12(25)10-24/h3-6,8-9,12,23,25H,1-2,7,10H2. The summed E-state index contributed by atoms with van der Waals surface area (Å²) in [6.07, 6.45) is 4.00. The highest BCUT2D eigenvalue weighted by Gasteiger charge is 2.29. The van der Waals surface area contributed by atoms with Crippen LogP contribution in [0.3, 0.4) is 0 Å². The first-order valence-corrected chi connectivity index (χ1v) is 9.66. The number of β-amino-alcohol motifs (C(OH)–C–C–N with tert-alkyl or cyclic N) is 1. The Morgan fingerprint density at radius 3 is 3.04 bits per heavy atom. The molecular weight excluding hydrogens is 464 g/mol. The predicted molar refractivity (Wildman–Crippen MR) is 108 cm³/mol. The van der Waals surface area contributed by atoms with Crippen LogP contribution in [0.5, 0.6) is 0 Å². The number of rotatable bonds is 3. The molecule has 8 heteroatoms. The lowest BCUT2D eigenvalue weighted by atomic mass is 10.1. The molecule has 0 spiro atoms. The Morgan fingerprint density at radius 2 is 2.26 bits per heavy atom. The monoisotopic (exact) mass is 481 g/mol. The molecule has 1 fully saturated rings. The van der Waals surface area contributed by atoms with Crippen molar-refractivity contribution in [2.75, 3.05) is 18.4 Å². The Morgan fingerprint density at radius 1 is 1.41 bits per heavy atom. The van der Waals surface area contributed by atoms with Gasteiger partial charge in [0.25, 0.3) is 5.91 Å². The Hall–Kier alpha value is -2.20. The minimum atomic E-state index is -0.543. The van der Waals surface area contributed by atoms with E-state index in [9.17, 15) is 14.3 Å². The third kappa shape index (κ3) is 3.63. The van der Waals surface area contributed by atoms with Gasteiger partial charge in [-0.05, 0) is 59.7 Å². The Labute approximate surface area is 168 Å². The number of hydrogen-bond acceptors (Lipinski definition) is 5. The number of nitrogens with one attached hydrogen (secondary N) is 1. The zero-order valence-corrected chi connectivity index (χ0v) is 16.4. The van der Waals surface area contributed by atoms with Crippen molar-refractivity contribution in [3.8, 4) is 0 Å². The maximum Gasteiger partial charge on any atom is 0.291 e. The van der Waals surface area contributed by atoms with Gasteiger partial charge in [-0.1, -0.05) is 0 Å². The molecule has 1 aliphatic rings. The van der Waals surface area contributed by atoms with Crippen molar-refractivity contribution in [2.45, 2.75) is 18.9 Å². The van der Waals surface area contributed by atoms with E-state index in [1.807, 2.05) is 22.6 Å². The van der Waals surface area contributed by atoms with Gasteiger partial charge in [0, 0.05) is 29.1 Å². The van der Waals surface area contributed by atoms with Gasteiger partial charge in [0.05, 0.1) is 17.2 Å². The number of furan rings is 1. The summed E-state index contributed by atoms with van der Waals surface area (Å²) in [5.41, 5.74) is 1.11. The van der Waals surface area contributed by atoms with Gasteiger partial charge in [-0.3, -0.25) is 9.78 Å². The first kappa shape index (κ1) is 18.2. The summed E-state index contributed by atoms with van der Waals surface area (Å²) in [7, 11) is 0. The van der Waals surface area contributed by atoms with Gasteiger partial charge in [-0.25, -0.2) is 4.39 Å².